The number of likely N-dealkylation sites (tertiary alicyclic amines) is 1. The van der Waals surface area contributed by atoms with Gasteiger partial charge in [0, 0.05) is 37.7 Å². The maximum atomic E-state index is 12.6. The maximum Gasteiger partial charge on any atom is 0.490 e. The van der Waals surface area contributed by atoms with Gasteiger partial charge >= 0.3 is 24.3 Å². The molecular formula is C24H27F7N2O6. The summed E-state index contributed by atoms with van der Waals surface area (Å²) in [5.74, 6) is -3.60. The lowest BCUT2D eigenvalue weighted by Crippen LogP contribution is -2.52. The van der Waals surface area contributed by atoms with Crippen molar-refractivity contribution in [1.29, 1.82) is 0 Å². The lowest BCUT2D eigenvalue weighted by Gasteiger charge is -2.47. The number of halogens is 7. The number of fused-ring (bicyclic) bond motifs is 1. The lowest BCUT2D eigenvalue weighted by molar-refractivity contribution is -0.193. The summed E-state index contributed by atoms with van der Waals surface area (Å²) in [5.41, 5.74) is 1.06. The van der Waals surface area contributed by atoms with Gasteiger partial charge in [0.05, 0.1) is 12.8 Å². The van der Waals surface area contributed by atoms with Crippen molar-refractivity contribution in [2.24, 2.45) is 0 Å². The van der Waals surface area contributed by atoms with Crippen LogP contribution in [-0.4, -0.2) is 71.3 Å². The summed E-state index contributed by atoms with van der Waals surface area (Å²) in [6.45, 7) is 2.76. The maximum absolute atomic E-state index is 12.6. The SMILES string of the molecule is FCCN1CCC2(CC1)CC(NCc1ccco1)c1ccccc1O2.O=C(O)C(F)(F)F.O=C(O)C(F)(F)F. The van der Waals surface area contributed by atoms with Gasteiger partial charge in [-0.15, -0.1) is 0 Å². The van der Waals surface area contributed by atoms with Crippen molar-refractivity contribution in [3.05, 3.63) is 54.0 Å². The van der Waals surface area contributed by atoms with E-state index in [1.807, 2.05) is 18.2 Å². The molecule has 218 valence electrons. The van der Waals surface area contributed by atoms with Crippen LogP contribution in [0, 0.1) is 0 Å². The zero-order valence-corrected chi connectivity index (χ0v) is 20.4. The summed E-state index contributed by atoms with van der Waals surface area (Å²) >= 11 is 0. The van der Waals surface area contributed by atoms with E-state index in [0.717, 1.165) is 43.9 Å². The minimum atomic E-state index is -5.08. The first kappa shape index (κ1) is 31.9. The van der Waals surface area contributed by atoms with Crippen LogP contribution in [0.25, 0.3) is 0 Å². The Labute approximate surface area is 218 Å². The van der Waals surface area contributed by atoms with Crippen LogP contribution in [0.15, 0.2) is 47.1 Å². The van der Waals surface area contributed by atoms with Crippen molar-refractivity contribution in [2.45, 2.75) is 49.8 Å². The van der Waals surface area contributed by atoms with Crippen LogP contribution in [0.2, 0.25) is 0 Å². The molecule has 8 nitrogen and oxygen atoms in total. The van der Waals surface area contributed by atoms with Crippen LogP contribution in [0.5, 0.6) is 5.75 Å². The molecule has 0 bridgehead atoms. The minimum absolute atomic E-state index is 0.151. The number of para-hydroxylation sites is 1. The number of aliphatic carboxylic acids is 2. The molecule has 3 N–H and O–H groups in total. The number of ether oxygens (including phenoxy) is 1. The molecule has 1 unspecified atom stereocenters. The molecule has 1 saturated heterocycles. The third-order valence-corrected chi connectivity index (χ3v) is 5.95. The quantitative estimate of drug-likeness (QED) is 0.431. The van der Waals surface area contributed by atoms with Crippen LogP contribution in [0.4, 0.5) is 30.7 Å². The molecule has 1 fully saturated rings. The predicted octanol–water partition coefficient (Wildman–Crippen LogP) is 4.96. The summed E-state index contributed by atoms with van der Waals surface area (Å²) in [6.07, 6.45) is -5.63. The van der Waals surface area contributed by atoms with Crippen molar-refractivity contribution in [3.63, 3.8) is 0 Å². The molecule has 3 heterocycles. The summed E-state index contributed by atoms with van der Waals surface area (Å²) in [5, 5.41) is 17.9. The minimum Gasteiger partial charge on any atom is -0.487 e. The van der Waals surface area contributed by atoms with Crippen LogP contribution >= 0.6 is 0 Å². The number of piperidine rings is 1. The molecule has 0 saturated carbocycles. The van der Waals surface area contributed by atoms with Crippen LogP contribution < -0.4 is 10.1 Å². The number of hydrogen-bond donors (Lipinski definition) is 3. The van der Waals surface area contributed by atoms with Gasteiger partial charge in [-0.1, -0.05) is 18.2 Å². The molecule has 1 aromatic heterocycles. The number of nitrogens with one attached hydrogen (secondary N) is 1. The van der Waals surface area contributed by atoms with Crippen molar-refractivity contribution in [1.82, 2.24) is 10.2 Å². The van der Waals surface area contributed by atoms with Crippen molar-refractivity contribution in [2.75, 3.05) is 26.3 Å². The van der Waals surface area contributed by atoms with Gasteiger partial charge in [0.2, 0.25) is 0 Å². The summed E-state index contributed by atoms with van der Waals surface area (Å²) in [4.78, 5) is 20.0. The molecule has 1 aromatic carbocycles. The van der Waals surface area contributed by atoms with E-state index in [1.54, 1.807) is 6.26 Å². The van der Waals surface area contributed by atoms with E-state index in [9.17, 15) is 30.7 Å². The van der Waals surface area contributed by atoms with Gasteiger partial charge in [0.1, 0.15) is 23.8 Å². The molecule has 2 aromatic rings. The highest BCUT2D eigenvalue weighted by atomic mass is 19.4. The summed E-state index contributed by atoms with van der Waals surface area (Å²) in [6, 6.07) is 12.4. The number of benzene rings is 1. The highest BCUT2D eigenvalue weighted by Gasteiger charge is 2.43. The van der Waals surface area contributed by atoms with E-state index < -0.39 is 24.3 Å². The van der Waals surface area contributed by atoms with Gasteiger partial charge in [-0.3, -0.25) is 0 Å². The number of carboxylic acids is 2. The van der Waals surface area contributed by atoms with E-state index in [-0.39, 0.29) is 18.3 Å². The Bertz CT molecular complexity index is 1030. The zero-order chi connectivity index (χ0) is 29.3. The highest BCUT2D eigenvalue weighted by molar-refractivity contribution is 5.73. The smallest absolute Gasteiger partial charge is 0.487 e. The Kier molecular flexibility index (Phi) is 11.2. The van der Waals surface area contributed by atoms with Gasteiger partial charge < -0.3 is 29.6 Å². The second-order valence-electron chi connectivity index (χ2n) is 8.68. The standard InChI is InChI=1S/C20H25FN2O2.2C2HF3O2/c21-9-12-23-10-7-20(8-11-23)14-18(22-15-16-4-3-13-24-16)17-5-1-2-6-19(17)25-20;2*3-2(4,5)1(6)7/h1-6,13,18,22H,7-12,14-15H2;2*(H,6,7). The fraction of sp³-hybridized carbons (Fsp3) is 0.500. The van der Waals surface area contributed by atoms with Gasteiger partial charge in [0.25, 0.3) is 0 Å². The average molecular weight is 572 g/mol. The number of nitrogens with zero attached hydrogens (tertiary/aromatic N) is 1. The average Bonchev–Trinajstić information content (AvgIpc) is 3.38. The third-order valence-electron chi connectivity index (χ3n) is 5.95. The Hall–Kier alpha value is -3.33. The molecule has 2 aliphatic heterocycles. The van der Waals surface area contributed by atoms with Crippen LogP contribution in [0.1, 0.15) is 36.6 Å². The Balaban J connectivity index is 0.000000317. The first-order chi connectivity index (χ1) is 18.2. The number of hydrogen-bond acceptors (Lipinski definition) is 6. The molecule has 0 amide bonds. The molecule has 15 heteroatoms. The molecule has 39 heavy (non-hydrogen) atoms. The van der Waals surface area contributed by atoms with E-state index >= 15 is 0 Å². The van der Waals surface area contributed by atoms with Crippen molar-refractivity contribution >= 4 is 11.9 Å². The number of furan rings is 1. The van der Waals surface area contributed by atoms with E-state index in [0.29, 0.717) is 13.1 Å². The third kappa shape index (κ3) is 10.1. The fourth-order valence-electron chi connectivity index (χ4n) is 4.05. The van der Waals surface area contributed by atoms with Crippen molar-refractivity contribution in [3.8, 4) is 5.75 Å². The van der Waals surface area contributed by atoms with Gasteiger partial charge in [-0.05, 0) is 31.0 Å². The molecule has 4 rings (SSSR count). The van der Waals surface area contributed by atoms with Gasteiger partial charge in [-0.25, -0.2) is 14.0 Å². The second kappa shape index (κ2) is 13.6. The second-order valence-corrected chi connectivity index (χ2v) is 8.68. The first-order valence-electron chi connectivity index (χ1n) is 11.6. The Morgan fingerprint density at radius 2 is 1.54 bits per heavy atom. The van der Waals surface area contributed by atoms with E-state index in [4.69, 9.17) is 29.0 Å². The monoisotopic (exact) mass is 572 g/mol. The largest absolute Gasteiger partial charge is 0.490 e. The first-order valence-corrected chi connectivity index (χ1v) is 11.6. The number of carboxylic acid groups (broad SMARTS) is 2. The predicted molar refractivity (Wildman–Crippen MR) is 122 cm³/mol. The van der Waals surface area contributed by atoms with Crippen molar-refractivity contribution < 1.29 is 59.7 Å². The van der Waals surface area contributed by atoms with E-state index in [1.165, 1.54) is 5.56 Å². The Morgan fingerprint density at radius 1 is 0.974 bits per heavy atom. The van der Waals surface area contributed by atoms with Crippen LogP contribution in [-0.2, 0) is 16.1 Å². The number of carbonyl (C=O) groups is 2. The molecule has 2 aliphatic rings. The molecule has 1 spiro atoms. The van der Waals surface area contributed by atoms with Gasteiger partial charge in [0.15, 0.2) is 0 Å². The molecule has 0 radical (unpaired) electrons. The van der Waals surface area contributed by atoms with Crippen LogP contribution in [0.3, 0.4) is 0 Å². The lowest BCUT2D eigenvalue weighted by atomic mass is 9.80. The fourth-order valence-corrected chi connectivity index (χ4v) is 4.05. The highest BCUT2D eigenvalue weighted by Crippen LogP contribution is 2.44. The van der Waals surface area contributed by atoms with E-state index in [2.05, 4.69) is 28.4 Å². The molecular weight excluding hydrogens is 545 g/mol. The topological polar surface area (TPSA) is 112 Å². The normalized spacial score (nSPS) is 18.5. The molecule has 1 atom stereocenters. The molecule has 0 aliphatic carbocycles. The Morgan fingerprint density at radius 3 is 2.03 bits per heavy atom. The summed E-state index contributed by atoms with van der Waals surface area (Å²) in [7, 11) is 0. The zero-order valence-electron chi connectivity index (χ0n) is 20.4. The number of alkyl halides is 7. The van der Waals surface area contributed by atoms with Gasteiger partial charge in [-0.2, -0.15) is 26.3 Å². The summed E-state index contributed by atoms with van der Waals surface area (Å²) < 4.78 is 88.0. The number of rotatable bonds is 5.